The van der Waals surface area contributed by atoms with E-state index in [1.165, 1.54) is 78.4 Å². The summed E-state index contributed by atoms with van der Waals surface area (Å²) in [5, 5.41) is 0. The maximum Gasteiger partial charge on any atom is 2.00 e. The van der Waals surface area contributed by atoms with Gasteiger partial charge >= 0.3 is 140 Å². The SMILES string of the molecule is CC12N3CC4=C(OCCCCS(=O)(=O)O)CCC(OCCCCS(=O)(=O)O)=C4CN1C(=O)N1CN4C(=O)N5CN6C(=O)N7CN8C(=O)N9Cc%10c(OCCCCS(=O)(=O)O)ccc(OCCCCS(=O)(=O)O)c%10CN%10C(=O)N(CN%11C(=O)N(CN%12C(=O)N(CN(C3=O)C12C)C4C%125)C6C%117)C8(C)C%109C.[Mg+2].[Mg+2].[Mg+2].[Mg+2]. The van der Waals surface area contributed by atoms with E-state index in [0.29, 0.717) is 33.8 Å². The Labute approximate surface area is 674 Å². The Morgan fingerprint density at radius 3 is 0.811 bits per heavy atom. The number of hydrogen-bond donors (Lipinski definition) is 4. The molecule has 0 spiro atoms. The topological polar surface area (TPSA) is 443 Å². The van der Waals surface area contributed by atoms with Crippen LogP contribution < -0.4 is 9.47 Å². The van der Waals surface area contributed by atoms with Crippen molar-refractivity contribution in [3.63, 3.8) is 0 Å². The molecule has 16 amide bonds. The van der Waals surface area contributed by atoms with Gasteiger partial charge in [-0.05, 0) is 91.2 Å². The zero-order valence-electron chi connectivity index (χ0n) is 58.8. The molecule has 15 rings (SSSR count). The van der Waals surface area contributed by atoms with Crippen LogP contribution in [0.5, 0.6) is 11.5 Å². The molecule has 0 aromatic heterocycles. The summed E-state index contributed by atoms with van der Waals surface area (Å²) >= 11 is 0. The van der Waals surface area contributed by atoms with Gasteiger partial charge in [-0.15, -0.1) is 0 Å². The Morgan fingerprint density at radius 1 is 0.330 bits per heavy atom. The van der Waals surface area contributed by atoms with Crippen molar-refractivity contribution in [3.8, 4) is 11.5 Å². The van der Waals surface area contributed by atoms with Crippen LogP contribution in [-0.2, 0) is 63.0 Å². The number of benzene rings is 1. The fraction of sp³-hybridized carbons (Fsp3) is 0.690. The predicted octanol–water partition coefficient (Wildman–Crippen LogP) is -0.189. The van der Waals surface area contributed by atoms with Crippen molar-refractivity contribution >= 4 is 181 Å². The number of amides is 16. The van der Waals surface area contributed by atoms with Gasteiger partial charge in [0.15, 0.2) is 47.3 Å². The average Bonchev–Trinajstić information content (AvgIpc) is 1.49. The average molecular weight is 1610 g/mol. The molecule has 0 unspecified atom stereocenters. The van der Waals surface area contributed by atoms with Crippen LogP contribution in [0.3, 0.4) is 0 Å². The molecular weight excluding hydrogens is 1530 g/mol. The van der Waals surface area contributed by atoms with E-state index in [1.807, 2.05) is 0 Å². The second-order valence-electron chi connectivity index (χ2n) is 28.4. The van der Waals surface area contributed by atoms with Gasteiger partial charge in [0.2, 0.25) is 0 Å². The van der Waals surface area contributed by atoms with E-state index in [4.69, 9.17) is 18.9 Å². The van der Waals surface area contributed by atoms with E-state index < -0.39 is 199 Å². The van der Waals surface area contributed by atoms with Crippen molar-refractivity contribution in [1.29, 1.82) is 0 Å². The van der Waals surface area contributed by atoms with E-state index >= 15 is 38.4 Å². The number of carbonyl (C=O) groups is 8. The predicted molar refractivity (Wildman–Crippen MR) is 366 cm³/mol. The monoisotopic (exact) mass is 1610 g/mol. The van der Waals surface area contributed by atoms with Gasteiger partial charge in [-0.25, -0.2) is 38.4 Å². The first-order chi connectivity index (χ1) is 47.9. The molecule has 12 fully saturated rings. The number of rotatable bonds is 24. The van der Waals surface area contributed by atoms with Crippen molar-refractivity contribution in [1.82, 2.24) is 78.4 Å². The third kappa shape index (κ3) is 12.5. The maximum atomic E-state index is 15.7. The number of carbonyl (C=O) groups excluding carboxylic acids is 8. The van der Waals surface area contributed by atoms with Crippen molar-refractivity contribution in [2.24, 2.45) is 0 Å². The van der Waals surface area contributed by atoms with Gasteiger partial charge in [-0.1, -0.05) is 0 Å². The molecule has 4 N–H and O–H groups in total. The number of urea groups is 8. The summed E-state index contributed by atoms with van der Waals surface area (Å²) < 4.78 is 155. The standard InChI is InChI=1S/C58H78N16O24S4.4Mg/c1-55-57(3)71-31-63-45-43-59(47(63)75)29-61-44-46-65(49(61)77)33-73-53(81)69-27-37-38(42(98-20-8-12-24-102(92,93)94)16-15-41(37)97-19-7-11-23-101(89,90)91)28-70-54(82)74(58(73,4)56(69,70)2)34-66(46)50(78)62(44)30-60(43)48(76)64(45)32-72(57)52(80)68(55)26-36-35(25-67(55)51(71)79)39(95-17-5-9-21-99(83,84)85)13-14-40(36)96-18-6-10-22-100(86,87)88;;;;/h13-14,43-46H,5-12,15-34H2,1-4H3,(H,83,84,85)(H,86,87,88)(H,89,90,91)(H,92,93,94);;;;/q;4*+2. The second-order valence-corrected chi connectivity index (χ2v) is 34.6. The summed E-state index contributed by atoms with van der Waals surface area (Å²) in [5.41, 5.74) is -4.83. The first-order valence-corrected chi connectivity index (χ1v) is 39.9. The normalized spacial score (nSPS) is 28.8. The molecule has 1 aliphatic carbocycles. The molecule has 558 valence electrons. The number of allylic oxidation sites excluding steroid dienone is 2. The van der Waals surface area contributed by atoms with Crippen LogP contribution in [0.15, 0.2) is 34.8 Å². The summed E-state index contributed by atoms with van der Waals surface area (Å²) in [5.74, 6) is -0.729. The summed E-state index contributed by atoms with van der Waals surface area (Å²) in [6, 6.07) is -2.32. The van der Waals surface area contributed by atoms with Crippen molar-refractivity contribution in [2.45, 2.75) is 152 Å². The molecule has 1 aromatic carbocycles. The maximum absolute atomic E-state index is 15.7. The van der Waals surface area contributed by atoms with Crippen LogP contribution in [0.1, 0.15) is 103 Å². The molecule has 106 heavy (non-hydrogen) atoms. The quantitative estimate of drug-likeness (QED) is 0.0592. The molecule has 0 bridgehead atoms. The molecule has 0 saturated carbocycles. The Morgan fingerprint density at radius 2 is 0.557 bits per heavy atom. The van der Waals surface area contributed by atoms with Gasteiger partial charge in [0.1, 0.15) is 63.0 Å². The Balaban J connectivity index is 0.00000280. The fourth-order valence-electron chi connectivity index (χ4n) is 17.7. The summed E-state index contributed by atoms with van der Waals surface area (Å²) in [4.78, 5) is 148. The van der Waals surface area contributed by atoms with Gasteiger partial charge < -0.3 is 18.9 Å². The van der Waals surface area contributed by atoms with Gasteiger partial charge in [0, 0.05) is 35.1 Å². The van der Waals surface area contributed by atoms with Crippen LogP contribution in [0, 0.1) is 0 Å². The molecule has 0 atom stereocenters. The molecular formula is C58H78Mg4N16O24S4+8. The summed E-state index contributed by atoms with van der Waals surface area (Å²) in [6.45, 7) is 2.62. The summed E-state index contributed by atoms with van der Waals surface area (Å²) in [7, 11) is -17.1. The number of ether oxygens (including phenoxy) is 4. The third-order valence-electron chi connectivity index (χ3n) is 23.2. The molecule has 12 saturated heterocycles. The minimum atomic E-state index is -4.28. The molecule has 48 heteroatoms. The Kier molecular flexibility index (Phi) is 22.0. The molecule has 40 nitrogen and oxygen atoms in total. The Bertz CT molecular complexity index is 4180. The van der Waals surface area contributed by atoms with Crippen LogP contribution >= 0.6 is 0 Å². The summed E-state index contributed by atoms with van der Waals surface area (Å²) in [6.07, 6.45) is -3.60. The van der Waals surface area contributed by atoms with Gasteiger partial charge in [0.25, 0.3) is 40.5 Å². The largest absolute Gasteiger partial charge is 2.00 e. The van der Waals surface area contributed by atoms with Crippen LogP contribution in [-0.4, -0.2) is 421 Å². The molecule has 0 radical (unpaired) electrons. The minimum absolute atomic E-state index is 0. The number of hydrogen-bond acceptors (Lipinski definition) is 20. The van der Waals surface area contributed by atoms with Crippen molar-refractivity contribution in [3.05, 3.63) is 45.9 Å². The number of nitrogens with zero attached hydrogens (tertiary/aromatic N) is 16. The first kappa shape index (κ1) is 81.7. The molecule has 13 aliphatic heterocycles. The van der Waals surface area contributed by atoms with E-state index in [2.05, 4.69) is 0 Å². The number of unbranched alkanes of at least 4 members (excludes halogenated alkanes) is 4. The molecule has 14 aliphatic rings. The van der Waals surface area contributed by atoms with Crippen LogP contribution in [0.2, 0.25) is 0 Å². The molecule has 1 aromatic rings. The van der Waals surface area contributed by atoms with Gasteiger partial charge in [-0.2, -0.15) is 33.7 Å². The third-order valence-corrected chi connectivity index (χ3v) is 26.4. The number of fused-ring (bicyclic) bond motifs is 2. The smallest absolute Gasteiger partial charge is 0.498 e. The van der Waals surface area contributed by atoms with E-state index in [9.17, 15) is 51.9 Å². The van der Waals surface area contributed by atoms with Crippen molar-refractivity contribution in [2.75, 3.05) is 103 Å². The van der Waals surface area contributed by atoms with Crippen LogP contribution in [0.25, 0.3) is 0 Å². The zero-order valence-corrected chi connectivity index (χ0v) is 67.8. The van der Waals surface area contributed by atoms with E-state index in [1.54, 1.807) is 39.8 Å². The van der Waals surface area contributed by atoms with Gasteiger partial charge in [0.05, 0.1) is 75.6 Å². The van der Waals surface area contributed by atoms with Crippen molar-refractivity contribution < 1.29 is 109 Å². The Hall–Kier alpha value is -5.24. The zero-order chi connectivity index (χ0) is 72.8. The van der Waals surface area contributed by atoms with E-state index in [0.717, 1.165) is 0 Å². The van der Waals surface area contributed by atoms with Crippen LogP contribution in [0.4, 0.5) is 38.4 Å². The second kappa shape index (κ2) is 28.5. The van der Waals surface area contributed by atoms with E-state index in [-0.39, 0.29) is 221 Å². The van der Waals surface area contributed by atoms with Gasteiger partial charge in [-0.3, -0.25) is 96.6 Å². The fourth-order valence-corrected chi connectivity index (χ4v) is 20.0. The first-order valence-electron chi connectivity index (χ1n) is 33.5. The minimum Gasteiger partial charge on any atom is -0.498 e. The molecule has 13 heterocycles.